The molecule has 2 heteroatoms. The van der Waals surface area contributed by atoms with Crippen molar-refractivity contribution >= 4 is 63.0 Å². The zero-order chi connectivity index (χ0) is 36.2. The van der Waals surface area contributed by atoms with E-state index in [0.29, 0.717) is 0 Å². The largest absolute Gasteiger partial charge is 0.135 e. The normalized spacial score (nSPS) is 11.7. The fraction of sp³-hybridized carbons (Fsp3) is 0.0769. The van der Waals surface area contributed by atoms with E-state index in [9.17, 15) is 0 Å². The molecule has 258 valence electrons. The van der Waals surface area contributed by atoms with Gasteiger partial charge in [0.2, 0.25) is 0 Å². The van der Waals surface area contributed by atoms with Crippen molar-refractivity contribution in [3.05, 3.63) is 181 Å². The number of aryl methyl sites for hydroxylation is 2. The van der Waals surface area contributed by atoms with Gasteiger partial charge < -0.3 is 0 Å². The van der Waals surface area contributed by atoms with Gasteiger partial charge in [-0.15, -0.1) is 22.7 Å². The lowest BCUT2D eigenvalue weighted by molar-refractivity contribution is 1.14. The Morgan fingerprint density at radius 2 is 0.611 bits per heavy atom. The van der Waals surface area contributed by atoms with Gasteiger partial charge in [0.25, 0.3) is 0 Å². The molecule has 0 saturated carbocycles. The molecule has 0 N–H and O–H groups in total. The van der Waals surface area contributed by atoms with Crippen LogP contribution >= 0.6 is 22.7 Å². The number of hydrogen-bond donors (Lipinski definition) is 0. The van der Waals surface area contributed by atoms with E-state index in [2.05, 4.69) is 184 Å². The summed E-state index contributed by atoms with van der Waals surface area (Å²) in [6.07, 6.45) is 1.98. The van der Waals surface area contributed by atoms with Crippen LogP contribution in [-0.2, 0) is 12.8 Å². The first kappa shape index (κ1) is 32.8. The molecule has 0 saturated heterocycles. The van der Waals surface area contributed by atoms with Crippen molar-refractivity contribution < 1.29 is 0 Å². The van der Waals surface area contributed by atoms with Crippen molar-refractivity contribution in [2.75, 3.05) is 0 Å². The molecule has 8 aromatic carbocycles. The highest BCUT2D eigenvalue weighted by molar-refractivity contribution is 7.26. The Bertz CT molecular complexity index is 2820. The molecule has 0 aliphatic rings. The second kappa shape index (κ2) is 13.6. The smallest absolute Gasteiger partial charge is 0.0361 e. The zero-order valence-corrected chi connectivity index (χ0v) is 32.0. The van der Waals surface area contributed by atoms with Gasteiger partial charge in [-0.05, 0) is 128 Å². The Morgan fingerprint density at radius 3 is 1.02 bits per heavy atom. The summed E-state index contributed by atoms with van der Waals surface area (Å²) in [6.45, 7) is 4.50. The maximum Gasteiger partial charge on any atom is 0.0361 e. The maximum absolute atomic E-state index is 2.38. The highest BCUT2D eigenvalue weighted by Crippen LogP contribution is 2.40. The predicted molar refractivity (Wildman–Crippen MR) is 238 cm³/mol. The number of thiophene rings is 2. The lowest BCUT2D eigenvalue weighted by atomic mass is 9.91. The summed E-state index contributed by atoms with van der Waals surface area (Å²) in [5, 5.41) is 5.37. The van der Waals surface area contributed by atoms with E-state index in [1.54, 1.807) is 0 Å². The molecule has 0 atom stereocenters. The van der Waals surface area contributed by atoms with E-state index in [4.69, 9.17) is 0 Å². The quantitative estimate of drug-likeness (QED) is 0.153. The molecule has 2 heterocycles. The van der Waals surface area contributed by atoms with Gasteiger partial charge >= 0.3 is 0 Å². The van der Waals surface area contributed by atoms with Crippen LogP contribution in [0.4, 0.5) is 0 Å². The minimum Gasteiger partial charge on any atom is -0.135 e. The Kier molecular flexibility index (Phi) is 8.24. The van der Waals surface area contributed by atoms with Crippen LogP contribution in [0.5, 0.6) is 0 Å². The molecule has 0 nitrogen and oxygen atoms in total. The lowest BCUT2D eigenvalue weighted by Crippen LogP contribution is -1.89. The first-order chi connectivity index (χ1) is 26.6. The first-order valence-corrected chi connectivity index (χ1v) is 20.6. The summed E-state index contributed by atoms with van der Waals surface area (Å²) in [5.41, 5.74) is 15.2. The van der Waals surface area contributed by atoms with E-state index >= 15 is 0 Å². The molecule has 2 aromatic heterocycles. The molecule has 0 aliphatic carbocycles. The fourth-order valence-electron chi connectivity index (χ4n) is 8.03. The average molecular weight is 727 g/mol. The summed E-state index contributed by atoms with van der Waals surface area (Å²) in [4.78, 5) is 0. The first-order valence-electron chi connectivity index (χ1n) is 18.9. The number of rotatable bonds is 7. The number of hydrogen-bond acceptors (Lipinski definition) is 2. The number of fused-ring (bicyclic) bond motifs is 6. The van der Waals surface area contributed by atoms with Gasteiger partial charge in [0.05, 0.1) is 0 Å². The van der Waals surface area contributed by atoms with Crippen molar-refractivity contribution in [1.29, 1.82) is 0 Å². The van der Waals surface area contributed by atoms with Crippen LogP contribution in [0.2, 0.25) is 0 Å². The van der Waals surface area contributed by atoms with Gasteiger partial charge in [0.1, 0.15) is 0 Å². The lowest BCUT2D eigenvalue weighted by Gasteiger charge is -2.13. The van der Waals surface area contributed by atoms with Gasteiger partial charge in [-0.1, -0.05) is 135 Å². The maximum atomic E-state index is 2.38. The van der Waals surface area contributed by atoms with E-state index in [0.717, 1.165) is 12.8 Å². The van der Waals surface area contributed by atoms with Crippen molar-refractivity contribution in [2.24, 2.45) is 0 Å². The van der Waals surface area contributed by atoms with Crippen LogP contribution in [0.3, 0.4) is 0 Å². The van der Waals surface area contributed by atoms with E-state index in [1.165, 1.54) is 107 Å². The second-order valence-electron chi connectivity index (χ2n) is 14.3. The Labute approximate surface area is 324 Å². The highest BCUT2D eigenvalue weighted by atomic mass is 32.1. The van der Waals surface area contributed by atoms with Crippen molar-refractivity contribution in [2.45, 2.75) is 26.7 Å². The summed E-state index contributed by atoms with van der Waals surface area (Å²) in [6, 6.07) is 63.8. The standard InChI is InChI=1S/C52H38S2/c1-3-33-23-41(29-43(25-33)39-19-21-47-45-15-5-7-17-49(45)53-51(47)31-39)37-13-9-11-35(27-37)36-12-10-14-38(28-36)42-24-34(4-2)26-44(30-42)40-20-22-48-46-16-6-8-18-50(46)54-52(48)32-40/h5-32H,3-4H2,1-2H3. The van der Waals surface area contributed by atoms with Crippen LogP contribution in [-0.4, -0.2) is 0 Å². The SMILES string of the molecule is CCc1cc(-c2cccc(-c3cccc(-c4cc(CC)cc(-c5ccc6c(c5)sc5ccccc56)c4)c3)c2)cc(-c2ccc3c(c2)sc2ccccc23)c1. The van der Waals surface area contributed by atoms with Gasteiger partial charge in [-0.2, -0.15) is 0 Å². The zero-order valence-electron chi connectivity index (χ0n) is 30.4. The minimum absolute atomic E-state index is 0.991. The molecule has 0 unspecified atom stereocenters. The predicted octanol–water partition coefficient (Wildman–Crippen LogP) is 15.9. The van der Waals surface area contributed by atoms with Crippen LogP contribution in [0.25, 0.3) is 96.0 Å². The summed E-state index contributed by atoms with van der Waals surface area (Å²) >= 11 is 3.77. The molecule has 10 aromatic rings. The average Bonchev–Trinajstić information content (AvgIpc) is 3.81. The molecule has 0 aliphatic heterocycles. The van der Waals surface area contributed by atoms with E-state index in [1.807, 2.05) is 22.7 Å². The summed E-state index contributed by atoms with van der Waals surface area (Å²) in [5.74, 6) is 0. The molecule has 0 spiro atoms. The van der Waals surface area contributed by atoms with Gasteiger partial charge in [-0.3, -0.25) is 0 Å². The van der Waals surface area contributed by atoms with Crippen LogP contribution in [0, 0.1) is 0 Å². The second-order valence-corrected chi connectivity index (χ2v) is 16.5. The van der Waals surface area contributed by atoms with Gasteiger partial charge in [-0.25, -0.2) is 0 Å². The third-order valence-corrected chi connectivity index (χ3v) is 13.2. The Hall–Kier alpha value is -5.80. The molecule has 10 rings (SSSR count). The minimum atomic E-state index is 0.991. The van der Waals surface area contributed by atoms with Crippen LogP contribution in [0.15, 0.2) is 170 Å². The topological polar surface area (TPSA) is 0 Å². The molecular formula is C52H38S2. The Balaban J connectivity index is 0.998. The summed E-state index contributed by atoms with van der Waals surface area (Å²) in [7, 11) is 0. The molecule has 54 heavy (non-hydrogen) atoms. The third-order valence-electron chi connectivity index (χ3n) is 11.0. The third kappa shape index (κ3) is 5.93. The fourth-order valence-corrected chi connectivity index (χ4v) is 10.3. The van der Waals surface area contributed by atoms with Crippen molar-refractivity contribution in [1.82, 2.24) is 0 Å². The van der Waals surface area contributed by atoms with E-state index < -0.39 is 0 Å². The molecule has 0 fully saturated rings. The van der Waals surface area contributed by atoms with Gasteiger partial charge in [0.15, 0.2) is 0 Å². The van der Waals surface area contributed by atoms with Crippen molar-refractivity contribution in [3.8, 4) is 55.6 Å². The summed E-state index contributed by atoms with van der Waals surface area (Å²) < 4.78 is 5.37. The molecule has 0 bridgehead atoms. The van der Waals surface area contributed by atoms with Crippen LogP contribution in [0.1, 0.15) is 25.0 Å². The van der Waals surface area contributed by atoms with Gasteiger partial charge in [0, 0.05) is 40.3 Å². The molecule has 0 radical (unpaired) electrons. The van der Waals surface area contributed by atoms with Crippen LogP contribution < -0.4 is 0 Å². The monoisotopic (exact) mass is 726 g/mol. The molecule has 0 amide bonds. The van der Waals surface area contributed by atoms with Crippen molar-refractivity contribution in [3.63, 3.8) is 0 Å². The Morgan fingerprint density at radius 1 is 0.278 bits per heavy atom. The highest BCUT2D eigenvalue weighted by Gasteiger charge is 2.12. The number of benzene rings is 8. The van der Waals surface area contributed by atoms with E-state index in [-0.39, 0.29) is 0 Å². The molecular weight excluding hydrogens is 689 g/mol.